The minimum atomic E-state index is 0.206. The molecule has 0 unspecified atom stereocenters. The summed E-state index contributed by atoms with van der Waals surface area (Å²) in [5.74, 6) is 0.950. The van der Waals surface area contributed by atoms with Crippen LogP contribution in [0.2, 0.25) is 0 Å². The molecule has 1 amide bonds. The molecule has 0 saturated carbocycles. The van der Waals surface area contributed by atoms with Crippen LogP contribution in [0.3, 0.4) is 0 Å². The highest BCUT2D eigenvalue weighted by Crippen LogP contribution is 2.23. The molecule has 6 heteroatoms. The summed E-state index contributed by atoms with van der Waals surface area (Å²) >= 11 is 0. The number of likely N-dealkylation sites (tertiary alicyclic amines) is 1. The number of hydrogen-bond acceptors (Lipinski definition) is 5. The van der Waals surface area contributed by atoms with E-state index in [1.807, 2.05) is 23.1 Å². The number of rotatable bonds is 5. The molecule has 1 aromatic carbocycles. The van der Waals surface area contributed by atoms with E-state index in [1.165, 1.54) is 12.8 Å². The number of benzene rings is 1. The zero-order valence-corrected chi connectivity index (χ0v) is 13.5. The summed E-state index contributed by atoms with van der Waals surface area (Å²) in [5, 5.41) is 3.09. The Bertz CT molecular complexity index is 660. The number of carbonyl (C=O) groups is 1. The van der Waals surface area contributed by atoms with Crippen LogP contribution in [-0.2, 0) is 4.79 Å². The number of amides is 1. The van der Waals surface area contributed by atoms with Crippen molar-refractivity contribution in [1.29, 1.82) is 0 Å². The first-order chi connectivity index (χ1) is 11.3. The van der Waals surface area contributed by atoms with E-state index in [-0.39, 0.29) is 5.91 Å². The van der Waals surface area contributed by atoms with Crippen molar-refractivity contribution in [2.75, 3.05) is 32.1 Å². The van der Waals surface area contributed by atoms with Crippen molar-refractivity contribution < 1.29 is 13.9 Å². The summed E-state index contributed by atoms with van der Waals surface area (Å²) in [7, 11) is 1.62. The normalized spacial score (nSPS) is 15.4. The number of aromatic nitrogens is 1. The van der Waals surface area contributed by atoms with Crippen molar-refractivity contribution in [1.82, 2.24) is 9.88 Å². The van der Waals surface area contributed by atoms with Crippen LogP contribution < -0.4 is 10.1 Å². The lowest BCUT2D eigenvalue weighted by Gasteiger charge is -2.20. The van der Waals surface area contributed by atoms with Gasteiger partial charge < -0.3 is 19.4 Å². The van der Waals surface area contributed by atoms with Gasteiger partial charge in [0.2, 0.25) is 5.91 Å². The van der Waals surface area contributed by atoms with Crippen LogP contribution in [0.4, 0.5) is 6.01 Å². The maximum absolute atomic E-state index is 12.2. The molecule has 1 aliphatic heterocycles. The zero-order chi connectivity index (χ0) is 16.1. The van der Waals surface area contributed by atoms with Gasteiger partial charge >= 0.3 is 0 Å². The second-order valence-corrected chi connectivity index (χ2v) is 5.82. The number of nitrogens with one attached hydrogen (secondary N) is 1. The molecule has 0 aliphatic carbocycles. The van der Waals surface area contributed by atoms with Crippen molar-refractivity contribution in [3.8, 4) is 5.75 Å². The number of fused-ring (bicyclic) bond motifs is 1. The molecule has 1 saturated heterocycles. The van der Waals surface area contributed by atoms with Crippen LogP contribution in [0, 0.1) is 0 Å². The van der Waals surface area contributed by atoms with Crippen molar-refractivity contribution >= 4 is 23.0 Å². The van der Waals surface area contributed by atoms with Crippen LogP contribution in [0.25, 0.3) is 11.1 Å². The molecule has 6 nitrogen and oxygen atoms in total. The number of anilines is 1. The predicted octanol–water partition coefficient (Wildman–Crippen LogP) is 3.04. The largest absolute Gasteiger partial charge is 0.497 e. The molecule has 0 spiro atoms. The van der Waals surface area contributed by atoms with Gasteiger partial charge in [0.15, 0.2) is 5.58 Å². The number of carbonyl (C=O) groups excluding carboxylic acids is 1. The Morgan fingerprint density at radius 3 is 2.83 bits per heavy atom. The van der Waals surface area contributed by atoms with Gasteiger partial charge in [0, 0.05) is 32.1 Å². The summed E-state index contributed by atoms with van der Waals surface area (Å²) in [6.07, 6.45) is 5.16. The van der Waals surface area contributed by atoms with E-state index in [2.05, 4.69) is 10.3 Å². The lowest BCUT2D eigenvalue weighted by Crippen LogP contribution is -2.32. The van der Waals surface area contributed by atoms with E-state index in [9.17, 15) is 4.79 Å². The van der Waals surface area contributed by atoms with Crippen LogP contribution in [0.15, 0.2) is 22.6 Å². The average molecular weight is 317 g/mol. The average Bonchev–Trinajstić information content (AvgIpc) is 2.78. The highest BCUT2D eigenvalue weighted by Gasteiger charge is 2.15. The molecule has 2 aromatic rings. The molecule has 2 heterocycles. The SMILES string of the molecule is COc1ccc2oc(NCCC(=O)N3CCCCCC3)nc2c1. The van der Waals surface area contributed by atoms with E-state index in [4.69, 9.17) is 9.15 Å². The lowest BCUT2D eigenvalue weighted by molar-refractivity contribution is -0.130. The highest BCUT2D eigenvalue weighted by molar-refractivity contribution is 5.77. The van der Waals surface area contributed by atoms with Gasteiger partial charge in [-0.05, 0) is 25.0 Å². The summed E-state index contributed by atoms with van der Waals surface area (Å²) in [6.45, 7) is 2.31. The molecular formula is C17H23N3O3. The van der Waals surface area contributed by atoms with Crippen molar-refractivity contribution in [2.24, 2.45) is 0 Å². The molecule has 124 valence electrons. The summed E-state index contributed by atoms with van der Waals surface area (Å²) < 4.78 is 10.8. The molecule has 1 aromatic heterocycles. The first-order valence-electron chi connectivity index (χ1n) is 8.22. The minimum Gasteiger partial charge on any atom is -0.497 e. The van der Waals surface area contributed by atoms with Gasteiger partial charge in [0.1, 0.15) is 11.3 Å². The van der Waals surface area contributed by atoms with Gasteiger partial charge in [-0.1, -0.05) is 12.8 Å². The van der Waals surface area contributed by atoms with Gasteiger partial charge in [-0.15, -0.1) is 0 Å². The third-order valence-electron chi connectivity index (χ3n) is 4.17. The standard InChI is InChI=1S/C17H23N3O3/c1-22-13-6-7-15-14(12-13)19-17(23-15)18-9-8-16(21)20-10-4-2-3-5-11-20/h6-7,12H,2-5,8-11H2,1H3,(H,18,19). The van der Waals surface area contributed by atoms with E-state index in [0.29, 0.717) is 24.6 Å². The first kappa shape index (κ1) is 15.6. The fraction of sp³-hybridized carbons (Fsp3) is 0.529. The fourth-order valence-corrected chi connectivity index (χ4v) is 2.86. The van der Waals surface area contributed by atoms with Gasteiger partial charge in [-0.25, -0.2) is 0 Å². The van der Waals surface area contributed by atoms with Crippen LogP contribution in [-0.4, -0.2) is 42.5 Å². The monoisotopic (exact) mass is 317 g/mol. The molecule has 1 fully saturated rings. The van der Waals surface area contributed by atoms with Crippen molar-refractivity contribution in [3.63, 3.8) is 0 Å². The van der Waals surface area contributed by atoms with Gasteiger partial charge in [0.05, 0.1) is 7.11 Å². The second kappa shape index (κ2) is 7.35. The smallest absolute Gasteiger partial charge is 0.295 e. The van der Waals surface area contributed by atoms with Crippen LogP contribution in [0.1, 0.15) is 32.1 Å². The third kappa shape index (κ3) is 3.94. The number of methoxy groups -OCH3 is 1. The Morgan fingerprint density at radius 1 is 1.30 bits per heavy atom. The number of nitrogens with zero attached hydrogens (tertiary/aromatic N) is 2. The number of oxazole rings is 1. The minimum absolute atomic E-state index is 0.206. The van der Waals surface area contributed by atoms with Gasteiger partial charge in [-0.2, -0.15) is 4.98 Å². The van der Waals surface area contributed by atoms with Crippen LogP contribution in [0.5, 0.6) is 5.75 Å². The summed E-state index contributed by atoms with van der Waals surface area (Å²) in [5.41, 5.74) is 1.44. The molecule has 1 N–H and O–H groups in total. The van der Waals surface area contributed by atoms with E-state index in [1.54, 1.807) is 7.11 Å². The van der Waals surface area contributed by atoms with Crippen molar-refractivity contribution in [3.05, 3.63) is 18.2 Å². The number of ether oxygens (including phenoxy) is 1. The maximum atomic E-state index is 12.2. The van der Waals surface area contributed by atoms with Crippen molar-refractivity contribution in [2.45, 2.75) is 32.1 Å². The van der Waals surface area contributed by atoms with E-state index >= 15 is 0 Å². The van der Waals surface area contributed by atoms with E-state index < -0.39 is 0 Å². The van der Waals surface area contributed by atoms with Gasteiger partial charge in [-0.3, -0.25) is 4.79 Å². The Kier molecular flexibility index (Phi) is 5.00. The maximum Gasteiger partial charge on any atom is 0.295 e. The Hall–Kier alpha value is -2.24. The zero-order valence-electron chi connectivity index (χ0n) is 13.5. The molecule has 1 aliphatic rings. The second-order valence-electron chi connectivity index (χ2n) is 5.82. The molecule has 0 radical (unpaired) electrons. The fourth-order valence-electron chi connectivity index (χ4n) is 2.86. The Balaban J connectivity index is 1.52. The number of hydrogen-bond donors (Lipinski definition) is 1. The molecule has 3 rings (SSSR count). The first-order valence-corrected chi connectivity index (χ1v) is 8.22. The topological polar surface area (TPSA) is 67.6 Å². The summed E-state index contributed by atoms with van der Waals surface area (Å²) in [4.78, 5) is 18.6. The van der Waals surface area contributed by atoms with E-state index in [0.717, 1.165) is 37.2 Å². The quantitative estimate of drug-likeness (QED) is 0.918. The predicted molar refractivity (Wildman–Crippen MR) is 88.7 cm³/mol. The molecule has 0 bridgehead atoms. The Labute approximate surface area is 135 Å². The highest BCUT2D eigenvalue weighted by atomic mass is 16.5. The molecule has 0 atom stereocenters. The molecular weight excluding hydrogens is 294 g/mol. The summed E-state index contributed by atoms with van der Waals surface area (Å²) in [6, 6.07) is 5.93. The Morgan fingerprint density at radius 2 is 2.09 bits per heavy atom. The van der Waals surface area contributed by atoms with Gasteiger partial charge in [0.25, 0.3) is 6.01 Å². The molecule has 23 heavy (non-hydrogen) atoms. The third-order valence-corrected chi connectivity index (χ3v) is 4.17. The van der Waals surface area contributed by atoms with Crippen LogP contribution >= 0.6 is 0 Å². The lowest BCUT2D eigenvalue weighted by atomic mass is 10.2.